The van der Waals surface area contributed by atoms with Crippen LogP contribution >= 0.6 is 0 Å². The van der Waals surface area contributed by atoms with Gasteiger partial charge in [-0.3, -0.25) is 4.90 Å². The molecular weight excluding hydrogens is 184 g/mol. The summed E-state index contributed by atoms with van der Waals surface area (Å²) in [5.74, 6) is 0. The standard InChI is InChI=1S/C13H28N2/c1-3-7-12(14)11-15-10-6-5-9-13(15)8-4-2/h12-13H,3-11,14H2,1-2H3. The minimum Gasteiger partial charge on any atom is -0.327 e. The summed E-state index contributed by atoms with van der Waals surface area (Å²) in [5.41, 5.74) is 6.13. The molecule has 0 aromatic heterocycles. The van der Waals surface area contributed by atoms with Crippen LogP contribution in [0.15, 0.2) is 0 Å². The van der Waals surface area contributed by atoms with E-state index in [0.29, 0.717) is 6.04 Å². The fourth-order valence-corrected chi connectivity index (χ4v) is 2.72. The second kappa shape index (κ2) is 7.24. The predicted molar refractivity (Wildman–Crippen MR) is 67.0 cm³/mol. The van der Waals surface area contributed by atoms with Crippen molar-refractivity contribution >= 4 is 0 Å². The van der Waals surface area contributed by atoms with Gasteiger partial charge in [-0.25, -0.2) is 0 Å². The van der Waals surface area contributed by atoms with Crippen molar-refractivity contribution in [3.05, 3.63) is 0 Å². The average molecular weight is 212 g/mol. The first-order chi connectivity index (χ1) is 7.27. The number of nitrogens with two attached hydrogens (primary N) is 1. The maximum Gasteiger partial charge on any atom is 0.0167 e. The molecule has 2 N–H and O–H groups in total. The van der Waals surface area contributed by atoms with Crippen molar-refractivity contribution < 1.29 is 0 Å². The largest absolute Gasteiger partial charge is 0.327 e. The Labute approximate surface area is 95.2 Å². The minimum absolute atomic E-state index is 0.396. The predicted octanol–water partition coefficient (Wildman–Crippen LogP) is 2.77. The SMILES string of the molecule is CCCC(N)CN1CCCCC1CCC. The molecule has 1 fully saturated rings. The van der Waals surface area contributed by atoms with Crippen molar-refractivity contribution in [1.82, 2.24) is 4.90 Å². The van der Waals surface area contributed by atoms with Crippen LogP contribution in [0, 0.1) is 0 Å². The average Bonchev–Trinajstić information content (AvgIpc) is 2.21. The summed E-state index contributed by atoms with van der Waals surface area (Å²) in [6.45, 7) is 6.92. The lowest BCUT2D eigenvalue weighted by Gasteiger charge is -2.37. The van der Waals surface area contributed by atoms with Crippen molar-refractivity contribution in [1.29, 1.82) is 0 Å². The van der Waals surface area contributed by atoms with Crippen LogP contribution in [0.4, 0.5) is 0 Å². The first-order valence-electron chi connectivity index (χ1n) is 6.77. The van der Waals surface area contributed by atoms with E-state index in [1.807, 2.05) is 0 Å². The van der Waals surface area contributed by atoms with E-state index in [0.717, 1.165) is 12.6 Å². The third kappa shape index (κ3) is 4.52. The van der Waals surface area contributed by atoms with E-state index in [1.165, 1.54) is 51.5 Å². The van der Waals surface area contributed by atoms with E-state index in [2.05, 4.69) is 18.7 Å². The lowest BCUT2D eigenvalue weighted by molar-refractivity contribution is 0.129. The van der Waals surface area contributed by atoms with Crippen LogP contribution in [-0.4, -0.2) is 30.1 Å². The van der Waals surface area contributed by atoms with E-state index in [9.17, 15) is 0 Å². The van der Waals surface area contributed by atoms with Gasteiger partial charge in [-0.15, -0.1) is 0 Å². The Morgan fingerprint density at radius 3 is 2.73 bits per heavy atom. The van der Waals surface area contributed by atoms with Gasteiger partial charge in [0.05, 0.1) is 0 Å². The molecule has 0 aromatic rings. The number of hydrogen-bond donors (Lipinski definition) is 1. The number of likely N-dealkylation sites (tertiary alicyclic amines) is 1. The first kappa shape index (κ1) is 13.0. The summed E-state index contributed by atoms with van der Waals surface area (Å²) in [5, 5.41) is 0. The van der Waals surface area contributed by atoms with Crippen LogP contribution in [0.1, 0.15) is 58.8 Å². The van der Waals surface area contributed by atoms with Crippen LogP contribution in [0.25, 0.3) is 0 Å². The highest BCUT2D eigenvalue weighted by Gasteiger charge is 2.22. The maximum absolute atomic E-state index is 6.13. The second-order valence-corrected chi connectivity index (χ2v) is 4.98. The van der Waals surface area contributed by atoms with Crippen molar-refractivity contribution in [2.75, 3.05) is 13.1 Å². The van der Waals surface area contributed by atoms with E-state index in [1.54, 1.807) is 0 Å². The molecule has 1 aliphatic rings. The van der Waals surface area contributed by atoms with Gasteiger partial charge in [0.2, 0.25) is 0 Å². The topological polar surface area (TPSA) is 29.3 Å². The third-order valence-electron chi connectivity index (χ3n) is 3.50. The van der Waals surface area contributed by atoms with Gasteiger partial charge in [-0.2, -0.15) is 0 Å². The van der Waals surface area contributed by atoms with Crippen molar-refractivity contribution in [3.63, 3.8) is 0 Å². The molecule has 0 aromatic carbocycles. The van der Waals surface area contributed by atoms with E-state index in [-0.39, 0.29) is 0 Å². The molecule has 1 heterocycles. The number of piperidine rings is 1. The quantitative estimate of drug-likeness (QED) is 0.733. The highest BCUT2D eigenvalue weighted by Crippen LogP contribution is 2.21. The van der Waals surface area contributed by atoms with Gasteiger partial charge in [0.1, 0.15) is 0 Å². The summed E-state index contributed by atoms with van der Waals surface area (Å²) in [7, 11) is 0. The van der Waals surface area contributed by atoms with Gasteiger partial charge < -0.3 is 5.73 Å². The molecular formula is C13H28N2. The second-order valence-electron chi connectivity index (χ2n) is 4.98. The summed E-state index contributed by atoms with van der Waals surface area (Å²) in [6.07, 6.45) is 9.25. The zero-order valence-corrected chi connectivity index (χ0v) is 10.5. The monoisotopic (exact) mass is 212 g/mol. The molecule has 1 aliphatic heterocycles. The zero-order chi connectivity index (χ0) is 11.1. The molecule has 90 valence electrons. The number of hydrogen-bond acceptors (Lipinski definition) is 2. The highest BCUT2D eigenvalue weighted by atomic mass is 15.2. The van der Waals surface area contributed by atoms with Crippen LogP contribution < -0.4 is 5.73 Å². The normalized spacial score (nSPS) is 25.4. The van der Waals surface area contributed by atoms with Gasteiger partial charge in [0.25, 0.3) is 0 Å². The maximum atomic E-state index is 6.13. The molecule has 2 heteroatoms. The molecule has 2 unspecified atom stereocenters. The molecule has 0 radical (unpaired) electrons. The van der Waals surface area contributed by atoms with Gasteiger partial charge in [-0.1, -0.05) is 33.1 Å². The Bertz CT molecular complexity index is 157. The van der Waals surface area contributed by atoms with E-state index in [4.69, 9.17) is 5.73 Å². The van der Waals surface area contributed by atoms with Gasteiger partial charge in [-0.05, 0) is 32.2 Å². The first-order valence-corrected chi connectivity index (χ1v) is 6.77. The molecule has 0 saturated carbocycles. The smallest absolute Gasteiger partial charge is 0.0167 e. The molecule has 0 bridgehead atoms. The number of nitrogens with zero attached hydrogens (tertiary/aromatic N) is 1. The highest BCUT2D eigenvalue weighted by molar-refractivity contribution is 4.79. The van der Waals surface area contributed by atoms with Crippen molar-refractivity contribution in [2.24, 2.45) is 5.73 Å². The third-order valence-corrected chi connectivity index (χ3v) is 3.50. The molecule has 2 atom stereocenters. The fourth-order valence-electron chi connectivity index (χ4n) is 2.72. The molecule has 0 amide bonds. The molecule has 1 rings (SSSR count). The van der Waals surface area contributed by atoms with Gasteiger partial charge in [0, 0.05) is 18.6 Å². The Balaban J connectivity index is 2.34. The summed E-state index contributed by atoms with van der Waals surface area (Å²) in [6, 6.07) is 1.22. The Morgan fingerprint density at radius 1 is 1.27 bits per heavy atom. The summed E-state index contributed by atoms with van der Waals surface area (Å²) in [4.78, 5) is 2.65. The van der Waals surface area contributed by atoms with Crippen LogP contribution in [0.3, 0.4) is 0 Å². The molecule has 2 nitrogen and oxygen atoms in total. The Hall–Kier alpha value is -0.0800. The fraction of sp³-hybridized carbons (Fsp3) is 1.00. The minimum atomic E-state index is 0.396. The van der Waals surface area contributed by atoms with Crippen LogP contribution in [0.2, 0.25) is 0 Å². The van der Waals surface area contributed by atoms with Gasteiger partial charge >= 0.3 is 0 Å². The summed E-state index contributed by atoms with van der Waals surface area (Å²) < 4.78 is 0. The van der Waals surface area contributed by atoms with E-state index < -0.39 is 0 Å². The van der Waals surface area contributed by atoms with Crippen LogP contribution in [-0.2, 0) is 0 Å². The van der Waals surface area contributed by atoms with Crippen molar-refractivity contribution in [3.8, 4) is 0 Å². The van der Waals surface area contributed by atoms with E-state index >= 15 is 0 Å². The summed E-state index contributed by atoms with van der Waals surface area (Å²) >= 11 is 0. The molecule has 0 aliphatic carbocycles. The van der Waals surface area contributed by atoms with Gasteiger partial charge in [0.15, 0.2) is 0 Å². The Morgan fingerprint density at radius 2 is 2.07 bits per heavy atom. The Kier molecular flexibility index (Phi) is 6.26. The molecule has 0 spiro atoms. The number of rotatable bonds is 6. The van der Waals surface area contributed by atoms with Crippen LogP contribution in [0.5, 0.6) is 0 Å². The molecule has 1 saturated heterocycles. The molecule has 15 heavy (non-hydrogen) atoms. The zero-order valence-electron chi connectivity index (χ0n) is 10.5. The lowest BCUT2D eigenvalue weighted by Crippen LogP contribution is -2.46. The lowest BCUT2D eigenvalue weighted by atomic mass is 9.97. The van der Waals surface area contributed by atoms with Crippen molar-refractivity contribution in [2.45, 2.75) is 70.9 Å².